The molecule has 18 heavy (non-hydrogen) atoms. The van der Waals surface area contributed by atoms with Crippen LogP contribution in [0.4, 0.5) is 4.39 Å². The minimum Gasteiger partial charge on any atom is -0.349 e. The fourth-order valence-corrected chi connectivity index (χ4v) is 2.31. The van der Waals surface area contributed by atoms with Crippen molar-refractivity contribution in [2.45, 2.75) is 26.3 Å². The van der Waals surface area contributed by atoms with Crippen molar-refractivity contribution in [2.24, 2.45) is 5.41 Å². The first-order valence-electron chi connectivity index (χ1n) is 6.26. The molecule has 4 heteroatoms. The zero-order valence-electron chi connectivity index (χ0n) is 10.8. The quantitative estimate of drug-likeness (QED) is 0.842. The highest BCUT2D eigenvalue weighted by atomic mass is 19.1. The van der Waals surface area contributed by atoms with Gasteiger partial charge < -0.3 is 10.6 Å². The van der Waals surface area contributed by atoms with Gasteiger partial charge in [0.05, 0.1) is 0 Å². The fraction of sp³-hybridized carbons (Fsp3) is 0.500. The summed E-state index contributed by atoms with van der Waals surface area (Å²) < 4.78 is 13.1. The van der Waals surface area contributed by atoms with Crippen LogP contribution in [-0.2, 0) is 0 Å². The highest BCUT2D eigenvalue weighted by Crippen LogP contribution is 2.25. The Morgan fingerprint density at radius 1 is 1.50 bits per heavy atom. The summed E-state index contributed by atoms with van der Waals surface area (Å²) in [4.78, 5) is 12.1. The molecule has 1 atom stereocenters. The molecule has 0 saturated carbocycles. The van der Waals surface area contributed by atoms with Gasteiger partial charge in [-0.05, 0) is 36.6 Å². The lowest BCUT2D eigenvalue weighted by Gasteiger charge is -2.39. The normalized spacial score (nSPS) is 22.5. The van der Waals surface area contributed by atoms with Crippen molar-refractivity contribution >= 4 is 5.91 Å². The van der Waals surface area contributed by atoms with Crippen LogP contribution < -0.4 is 10.6 Å². The number of piperidine rings is 1. The zero-order chi connectivity index (χ0) is 13.2. The topological polar surface area (TPSA) is 41.1 Å². The Bertz CT molecular complexity index is 445. The number of benzene rings is 1. The van der Waals surface area contributed by atoms with E-state index in [1.54, 1.807) is 12.1 Å². The van der Waals surface area contributed by atoms with Crippen LogP contribution in [-0.4, -0.2) is 25.0 Å². The summed E-state index contributed by atoms with van der Waals surface area (Å²) in [6, 6.07) is 5.91. The molecule has 0 radical (unpaired) electrons. The number of hydrogen-bond acceptors (Lipinski definition) is 2. The van der Waals surface area contributed by atoms with E-state index < -0.39 is 0 Å². The average molecular weight is 250 g/mol. The summed E-state index contributed by atoms with van der Waals surface area (Å²) in [6.45, 7) is 6.02. The van der Waals surface area contributed by atoms with E-state index in [0.29, 0.717) is 5.56 Å². The van der Waals surface area contributed by atoms with Crippen molar-refractivity contribution in [1.82, 2.24) is 10.6 Å². The van der Waals surface area contributed by atoms with Crippen molar-refractivity contribution in [2.75, 3.05) is 13.1 Å². The van der Waals surface area contributed by atoms with E-state index in [9.17, 15) is 9.18 Å². The average Bonchev–Trinajstić information content (AvgIpc) is 2.31. The van der Waals surface area contributed by atoms with E-state index in [-0.39, 0.29) is 23.2 Å². The Balaban J connectivity index is 2.07. The molecular formula is C14H19FN2O. The number of nitrogens with one attached hydrogen (secondary N) is 2. The summed E-state index contributed by atoms with van der Waals surface area (Å²) in [5.74, 6) is -0.582. The highest BCUT2D eigenvalue weighted by molar-refractivity contribution is 5.94. The smallest absolute Gasteiger partial charge is 0.251 e. The number of hydrogen-bond donors (Lipinski definition) is 2. The van der Waals surface area contributed by atoms with Gasteiger partial charge in [0, 0.05) is 18.2 Å². The molecule has 1 heterocycles. The summed E-state index contributed by atoms with van der Waals surface area (Å²) in [6.07, 6.45) is 0.897. The van der Waals surface area contributed by atoms with Gasteiger partial charge in [0.2, 0.25) is 0 Å². The number of carbonyl (C=O) groups excluding carboxylic acids is 1. The van der Waals surface area contributed by atoms with E-state index >= 15 is 0 Å². The second-order valence-corrected chi connectivity index (χ2v) is 5.49. The highest BCUT2D eigenvalue weighted by Gasteiger charge is 2.33. The van der Waals surface area contributed by atoms with E-state index in [0.717, 1.165) is 19.5 Å². The number of carbonyl (C=O) groups is 1. The van der Waals surface area contributed by atoms with Crippen LogP contribution >= 0.6 is 0 Å². The Morgan fingerprint density at radius 3 is 2.94 bits per heavy atom. The van der Waals surface area contributed by atoms with E-state index in [1.807, 2.05) is 0 Å². The predicted molar refractivity (Wildman–Crippen MR) is 68.9 cm³/mol. The van der Waals surface area contributed by atoms with Gasteiger partial charge in [0.25, 0.3) is 5.91 Å². The van der Waals surface area contributed by atoms with Gasteiger partial charge in [-0.1, -0.05) is 19.9 Å². The molecular weight excluding hydrogens is 231 g/mol. The Hall–Kier alpha value is -1.42. The van der Waals surface area contributed by atoms with Crippen LogP contribution in [0.2, 0.25) is 0 Å². The summed E-state index contributed by atoms with van der Waals surface area (Å²) in [7, 11) is 0. The largest absolute Gasteiger partial charge is 0.349 e. The fourth-order valence-electron chi connectivity index (χ4n) is 2.31. The maximum absolute atomic E-state index is 13.1. The van der Waals surface area contributed by atoms with Gasteiger partial charge in [0.1, 0.15) is 5.82 Å². The maximum atomic E-state index is 13.1. The van der Waals surface area contributed by atoms with Crippen molar-refractivity contribution in [3.8, 4) is 0 Å². The first-order chi connectivity index (χ1) is 8.49. The minimum absolute atomic E-state index is 0.0151. The van der Waals surface area contributed by atoms with Gasteiger partial charge in [-0.3, -0.25) is 4.79 Å². The molecule has 1 amide bonds. The molecule has 2 N–H and O–H groups in total. The van der Waals surface area contributed by atoms with E-state index in [1.165, 1.54) is 12.1 Å². The van der Waals surface area contributed by atoms with Gasteiger partial charge in [-0.2, -0.15) is 0 Å². The maximum Gasteiger partial charge on any atom is 0.251 e. The second kappa shape index (κ2) is 5.06. The van der Waals surface area contributed by atoms with Crippen LogP contribution in [0.25, 0.3) is 0 Å². The van der Waals surface area contributed by atoms with Gasteiger partial charge in [-0.15, -0.1) is 0 Å². The molecule has 1 saturated heterocycles. The molecule has 1 unspecified atom stereocenters. The van der Waals surface area contributed by atoms with Crippen LogP contribution in [0, 0.1) is 11.2 Å². The van der Waals surface area contributed by atoms with Crippen molar-refractivity contribution < 1.29 is 9.18 Å². The van der Waals surface area contributed by atoms with Gasteiger partial charge >= 0.3 is 0 Å². The molecule has 1 fully saturated rings. The first-order valence-corrected chi connectivity index (χ1v) is 6.26. The minimum atomic E-state index is -0.382. The number of rotatable bonds is 2. The van der Waals surface area contributed by atoms with Crippen LogP contribution in [0.15, 0.2) is 24.3 Å². The third kappa shape index (κ3) is 2.88. The SMILES string of the molecule is CC1(C)CNCCC1NC(=O)c1cccc(F)c1. The van der Waals surface area contributed by atoms with Crippen LogP contribution in [0.3, 0.4) is 0 Å². The van der Waals surface area contributed by atoms with Crippen LogP contribution in [0.5, 0.6) is 0 Å². The van der Waals surface area contributed by atoms with Crippen molar-refractivity contribution in [3.05, 3.63) is 35.6 Å². The molecule has 0 aromatic heterocycles. The monoisotopic (exact) mass is 250 g/mol. The molecule has 1 aromatic rings. The summed E-state index contributed by atoms with van der Waals surface area (Å²) in [5, 5.41) is 6.32. The van der Waals surface area contributed by atoms with Crippen molar-refractivity contribution in [1.29, 1.82) is 0 Å². The first kappa shape index (κ1) is 13.0. The van der Waals surface area contributed by atoms with Gasteiger partial charge in [-0.25, -0.2) is 4.39 Å². The lowest BCUT2D eigenvalue weighted by Crippen LogP contribution is -2.54. The Morgan fingerprint density at radius 2 is 2.28 bits per heavy atom. The molecule has 1 aliphatic heterocycles. The molecule has 2 rings (SSSR count). The standard InChI is InChI=1S/C14H19FN2O/c1-14(2)9-16-7-6-12(14)17-13(18)10-4-3-5-11(15)8-10/h3-5,8,12,16H,6-7,9H2,1-2H3,(H,17,18). The lowest BCUT2D eigenvalue weighted by atomic mass is 9.80. The third-order valence-electron chi connectivity index (χ3n) is 3.53. The molecule has 1 aliphatic rings. The number of amides is 1. The van der Waals surface area contributed by atoms with Crippen LogP contribution in [0.1, 0.15) is 30.6 Å². The molecule has 0 aliphatic carbocycles. The van der Waals surface area contributed by atoms with E-state index in [4.69, 9.17) is 0 Å². The second-order valence-electron chi connectivity index (χ2n) is 5.49. The lowest BCUT2D eigenvalue weighted by molar-refractivity contribution is 0.0868. The predicted octanol–water partition coefficient (Wildman–Crippen LogP) is 1.94. The Labute approximate surface area is 107 Å². The third-order valence-corrected chi connectivity index (χ3v) is 3.53. The zero-order valence-corrected chi connectivity index (χ0v) is 10.8. The summed E-state index contributed by atoms with van der Waals surface area (Å²) >= 11 is 0. The molecule has 0 bridgehead atoms. The Kier molecular flexibility index (Phi) is 3.66. The molecule has 1 aromatic carbocycles. The summed E-state index contributed by atoms with van der Waals surface area (Å²) in [5.41, 5.74) is 0.394. The van der Waals surface area contributed by atoms with E-state index in [2.05, 4.69) is 24.5 Å². The van der Waals surface area contributed by atoms with Gasteiger partial charge in [0.15, 0.2) is 0 Å². The molecule has 3 nitrogen and oxygen atoms in total. The molecule has 98 valence electrons. The van der Waals surface area contributed by atoms with Crippen molar-refractivity contribution in [3.63, 3.8) is 0 Å². The molecule has 0 spiro atoms. The number of halogens is 1.